The van der Waals surface area contributed by atoms with Gasteiger partial charge in [0.25, 0.3) is 0 Å². The fourth-order valence-corrected chi connectivity index (χ4v) is 2.70. The molecule has 0 aliphatic heterocycles. The molecule has 0 atom stereocenters. The zero-order chi connectivity index (χ0) is 16.8. The van der Waals surface area contributed by atoms with E-state index < -0.39 is 0 Å². The molecule has 0 spiro atoms. The number of allylic oxidation sites excluding steroid dienone is 2. The first-order valence-electron chi connectivity index (χ1n) is 10.3. The maximum atomic E-state index is 5.42. The zero-order valence-corrected chi connectivity index (χ0v) is 16.0. The van der Waals surface area contributed by atoms with Crippen molar-refractivity contribution in [3.05, 3.63) is 24.5 Å². The summed E-state index contributed by atoms with van der Waals surface area (Å²) in [5.41, 5.74) is 0. The molecule has 0 aliphatic rings. The molecule has 0 saturated heterocycles. The van der Waals surface area contributed by atoms with Gasteiger partial charge in [0, 0.05) is 0 Å². The predicted octanol–water partition coefficient (Wildman–Crippen LogP) is 7.96. The molecule has 0 saturated carbocycles. The summed E-state index contributed by atoms with van der Waals surface area (Å²) in [6.45, 7) is 5.20. The van der Waals surface area contributed by atoms with Crippen LogP contribution in [0.4, 0.5) is 0 Å². The van der Waals surface area contributed by atoms with Crippen LogP contribution < -0.4 is 0 Å². The summed E-state index contributed by atoms with van der Waals surface area (Å²) in [5, 5.41) is 0. The SMILES string of the molecule is CCCC=CCO/C=C/CCCCCCCCCCCCCC. The van der Waals surface area contributed by atoms with Crippen molar-refractivity contribution in [1.82, 2.24) is 0 Å². The Bertz CT molecular complexity index is 255. The van der Waals surface area contributed by atoms with E-state index in [-0.39, 0.29) is 0 Å². The highest BCUT2D eigenvalue weighted by atomic mass is 16.5. The highest BCUT2D eigenvalue weighted by Crippen LogP contribution is 2.12. The minimum Gasteiger partial charge on any atom is -0.497 e. The van der Waals surface area contributed by atoms with Gasteiger partial charge >= 0.3 is 0 Å². The van der Waals surface area contributed by atoms with E-state index in [9.17, 15) is 0 Å². The lowest BCUT2D eigenvalue weighted by Crippen LogP contribution is -1.83. The van der Waals surface area contributed by atoms with Crippen LogP contribution >= 0.6 is 0 Å². The molecule has 0 radical (unpaired) electrons. The fourth-order valence-electron chi connectivity index (χ4n) is 2.70. The van der Waals surface area contributed by atoms with Gasteiger partial charge in [-0.2, -0.15) is 0 Å². The van der Waals surface area contributed by atoms with Gasteiger partial charge in [-0.1, -0.05) is 103 Å². The van der Waals surface area contributed by atoms with Crippen LogP contribution in [0.3, 0.4) is 0 Å². The minimum atomic E-state index is 0.717. The van der Waals surface area contributed by atoms with Crippen molar-refractivity contribution in [3.8, 4) is 0 Å². The largest absolute Gasteiger partial charge is 0.497 e. The first-order chi connectivity index (χ1) is 11.4. The summed E-state index contributed by atoms with van der Waals surface area (Å²) in [5.74, 6) is 0. The van der Waals surface area contributed by atoms with Crippen LogP contribution in [-0.4, -0.2) is 6.61 Å². The Kier molecular flexibility index (Phi) is 20.6. The molecule has 0 fully saturated rings. The number of hydrogen-bond donors (Lipinski definition) is 0. The number of rotatable bonds is 18. The van der Waals surface area contributed by atoms with E-state index in [1.54, 1.807) is 0 Å². The van der Waals surface area contributed by atoms with E-state index in [1.165, 1.54) is 83.5 Å². The summed E-state index contributed by atoms with van der Waals surface area (Å²) < 4.78 is 5.42. The van der Waals surface area contributed by atoms with Crippen LogP contribution in [0, 0.1) is 0 Å². The monoisotopic (exact) mass is 322 g/mol. The second-order valence-electron chi connectivity index (χ2n) is 6.64. The Labute approximate surface area is 146 Å². The fraction of sp³-hybridized carbons (Fsp3) is 0.818. The maximum absolute atomic E-state index is 5.42. The second kappa shape index (κ2) is 21.3. The Morgan fingerprint density at radius 3 is 1.65 bits per heavy atom. The molecule has 23 heavy (non-hydrogen) atoms. The molecule has 0 heterocycles. The Morgan fingerprint density at radius 1 is 0.522 bits per heavy atom. The van der Waals surface area contributed by atoms with Crippen molar-refractivity contribution in [3.63, 3.8) is 0 Å². The third kappa shape index (κ3) is 21.3. The Hall–Kier alpha value is -0.720. The molecule has 0 aromatic rings. The van der Waals surface area contributed by atoms with Crippen molar-refractivity contribution in [1.29, 1.82) is 0 Å². The molecule has 0 bridgehead atoms. The van der Waals surface area contributed by atoms with Crippen molar-refractivity contribution in [2.24, 2.45) is 0 Å². The number of hydrogen-bond acceptors (Lipinski definition) is 1. The van der Waals surface area contributed by atoms with Gasteiger partial charge in [-0.05, 0) is 25.3 Å². The van der Waals surface area contributed by atoms with Gasteiger partial charge in [0.2, 0.25) is 0 Å². The lowest BCUT2D eigenvalue weighted by Gasteiger charge is -2.02. The van der Waals surface area contributed by atoms with E-state index in [0.29, 0.717) is 0 Å². The lowest BCUT2D eigenvalue weighted by molar-refractivity contribution is 0.288. The van der Waals surface area contributed by atoms with Gasteiger partial charge in [-0.3, -0.25) is 0 Å². The minimum absolute atomic E-state index is 0.717. The van der Waals surface area contributed by atoms with Gasteiger partial charge in [-0.15, -0.1) is 0 Å². The van der Waals surface area contributed by atoms with Crippen molar-refractivity contribution in [2.75, 3.05) is 6.61 Å². The van der Waals surface area contributed by atoms with Crippen LogP contribution in [0.1, 0.15) is 110 Å². The number of unbranched alkanes of at least 4 members (excludes halogenated alkanes) is 13. The summed E-state index contributed by atoms with van der Waals surface area (Å²) >= 11 is 0. The molecule has 1 heteroatoms. The first-order valence-corrected chi connectivity index (χ1v) is 10.3. The quantitative estimate of drug-likeness (QED) is 0.141. The Balaban J connectivity index is 3.07. The molecule has 0 rings (SSSR count). The predicted molar refractivity (Wildman–Crippen MR) is 105 cm³/mol. The van der Waals surface area contributed by atoms with Gasteiger partial charge in [0.15, 0.2) is 0 Å². The highest BCUT2D eigenvalue weighted by Gasteiger charge is 1.92. The van der Waals surface area contributed by atoms with Gasteiger partial charge in [-0.25, -0.2) is 0 Å². The zero-order valence-electron chi connectivity index (χ0n) is 16.0. The molecule has 0 aromatic carbocycles. The van der Waals surface area contributed by atoms with Crippen molar-refractivity contribution in [2.45, 2.75) is 110 Å². The van der Waals surface area contributed by atoms with Crippen LogP contribution in [0.25, 0.3) is 0 Å². The van der Waals surface area contributed by atoms with Crippen molar-refractivity contribution >= 4 is 0 Å². The highest BCUT2D eigenvalue weighted by molar-refractivity contribution is 4.82. The summed E-state index contributed by atoms with van der Waals surface area (Å²) in [6.07, 6.45) is 28.9. The average molecular weight is 323 g/mol. The topological polar surface area (TPSA) is 9.23 Å². The summed E-state index contributed by atoms with van der Waals surface area (Å²) in [4.78, 5) is 0. The average Bonchev–Trinajstić information content (AvgIpc) is 2.57. The molecule has 0 aliphatic carbocycles. The molecule has 0 unspecified atom stereocenters. The van der Waals surface area contributed by atoms with Gasteiger partial charge in [0.1, 0.15) is 6.61 Å². The van der Waals surface area contributed by atoms with Crippen LogP contribution in [0.15, 0.2) is 24.5 Å². The third-order valence-electron chi connectivity index (χ3n) is 4.23. The van der Waals surface area contributed by atoms with Crippen LogP contribution in [-0.2, 0) is 4.74 Å². The van der Waals surface area contributed by atoms with E-state index in [4.69, 9.17) is 4.74 Å². The molecule has 136 valence electrons. The molecule has 1 nitrogen and oxygen atoms in total. The first kappa shape index (κ1) is 22.3. The molecular formula is C22H42O. The molecular weight excluding hydrogens is 280 g/mol. The van der Waals surface area contributed by atoms with E-state index in [0.717, 1.165) is 19.4 Å². The van der Waals surface area contributed by atoms with Crippen LogP contribution in [0.5, 0.6) is 0 Å². The lowest BCUT2D eigenvalue weighted by atomic mass is 10.0. The molecule has 0 aromatic heterocycles. The maximum Gasteiger partial charge on any atom is 0.105 e. The second-order valence-corrected chi connectivity index (χ2v) is 6.64. The Morgan fingerprint density at radius 2 is 1.09 bits per heavy atom. The summed E-state index contributed by atoms with van der Waals surface area (Å²) in [6, 6.07) is 0. The van der Waals surface area contributed by atoms with E-state index in [2.05, 4.69) is 32.1 Å². The van der Waals surface area contributed by atoms with Crippen LogP contribution in [0.2, 0.25) is 0 Å². The van der Waals surface area contributed by atoms with Gasteiger partial charge < -0.3 is 4.74 Å². The standard InChI is InChI=1S/C22H42O/c1-3-5-7-9-10-11-12-13-14-15-16-17-18-20-22-23-21-19-8-6-4-2/h8,19-20,22H,3-7,9-18,21H2,1-2H3/b19-8?,22-20+. The molecule has 0 amide bonds. The number of ether oxygens (including phenoxy) is 1. The van der Waals surface area contributed by atoms with E-state index >= 15 is 0 Å². The summed E-state index contributed by atoms with van der Waals surface area (Å²) in [7, 11) is 0. The van der Waals surface area contributed by atoms with Crippen molar-refractivity contribution < 1.29 is 4.74 Å². The van der Waals surface area contributed by atoms with Gasteiger partial charge in [0.05, 0.1) is 6.26 Å². The molecule has 0 N–H and O–H groups in total. The smallest absolute Gasteiger partial charge is 0.105 e. The van der Waals surface area contributed by atoms with E-state index in [1.807, 2.05) is 6.26 Å². The normalized spacial score (nSPS) is 11.7. The third-order valence-corrected chi connectivity index (χ3v) is 4.23.